The van der Waals surface area contributed by atoms with Crippen molar-refractivity contribution in [3.63, 3.8) is 0 Å². The highest BCUT2D eigenvalue weighted by atomic mass is 32.2. The fraction of sp³-hybridized carbons (Fsp3) is 0.857. The SMILES string of the molecule is CC(C)S(=O)(=O)N1CC=C(B2OC(C)(C)C(C)(C)O2)CC1. The Morgan fingerprint density at radius 2 is 1.71 bits per heavy atom. The number of hydrogen-bond donors (Lipinski definition) is 0. The molecule has 2 heterocycles. The molecule has 2 rings (SSSR count). The van der Waals surface area contributed by atoms with Crippen molar-refractivity contribution >= 4 is 17.1 Å². The van der Waals surface area contributed by atoms with Crippen LogP contribution in [0.2, 0.25) is 0 Å². The zero-order valence-electron chi connectivity index (χ0n) is 13.8. The van der Waals surface area contributed by atoms with Crippen molar-refractivity contribution in [2.45, 2.75) is 64.4 Å². The molecular formula is C14H26BNO4S. The molecular weight excluding hydrogens is 289 g/mol. The van der Waals surface area contributed by atoms with E-state index in [-0.39, 0.29) is 23.6 Å². The second-order valence-electron chi connectivity index (χ2n) is 7.07. The van der Waals surface area contributed by atoms with E-state index in [0.29, 0.717) is 19.5 Å². The highest BCUT2D eigenvalue weighted by molar-refractivity contribution is 7.89. The lowest BCUT2D eigenvalue weighted by molar-refractivity contribution is 0.00578. The van der Waals surface area contributed by atoms with Gasteiger partial charge in [0.1, 0.15) is 0 Å². The van der Waals surface area contributed by atoms with Crippen LogP contribution in [0.3, 0.4) is 0 Å². The predicted octanol–water partition coefficient (Wildman–Crippen LogP) is 1.99. The Morgan fingerprint density at radius 3 is 2.10 bits per heavy atom. The summed E-state index contributed by atoms with van der Waals surface area (Å²) in [6, 6.07) is 0. The van der Waals surface area contributed by atoms with Crippen molar-refractivity contribution < 1.29 is 17.7 Å². The Hall–Kier alpha value is -0.365. The highest BCUT2D eigenvalue weighted by Gasteiger charge is 2.52. The smallest absolute Gasteiger partial charge is 0.400 e. The summed E-state index contributed by atoms with van der Waals surface area (Å²) in [4.78, 5) is 0. The maximum absolute atomic E-state index is 12.2. The lowest BCUT2D eigenvalue weighted by Gasteiger charge is -2.32. The van der Waals surface area contributed by atoms with E-state index in [1.165, 1.54) is 4.31 Å². The van der Waals surface area contributed by atoms with Crippen LogP contribution in [-0.4, -0.2) is 49.4 Å². The summed E-state index contributed by atoms with van der Waals surface area (Å²) in [6.07, 6.45) is 2.59. The molecule has 2 aliphatic rings. The second-order valence-corrected chi connectivity index (χ2v) is 9.56. The maximum atomic E-state index is 12.2. The van der Waals surface area contributed by atoms with Gasteiger partial charge in [-0.05, 0) is 53.4 Å². The van der Waals surface area contributed by atoms with Crippen LogP contribution >= 0.6 is 0 Å². The first-order valence-electron chi connectivity index (χ1n) is 7.51. The van der Waals surface area contributed by atoms with Gasteiger partial charge in [-0.2, -0.15) is 4.31 Å². The van der Waals surface area contributed by atoms with Crippen molar-refractivity contribution in [2.75, 3.05) is 13.1 Å². The molecule has 0 spiro atoms. The fourth-order valence-electron chi connectivity index (χ4n) is 2.40. The molecule has 0 aromatic heterocycles. The molecule has 120 valence electrons. The average molecular weight is 315 g/mol. The molecule has 7 heteroatoms. The van der Waals surface area contributed by atoms with Crippen LogP contribution in [-0.2, 0) is 19.3 Å². The third kappa shape index (κ3) is 3.06. The van der Waals surface area contributed by atoms with Gasteiger partial charge in [0.15, 0.2) is 0 Å². The van der Waals surface area contributed by atoms with Crippen molar-refractivity contribution in [2.24, 2.45) is 0 Å². The van der Waals surface area contributed by atoms with Crippen LogP contribution in [0.4, 0.5) is 0 Å². The first kappa shape index (κ1) is 17.0. The van der Waals surface area contributed by atoms with Gasteiger partial charge >= 0.3 is 7.12 Å². The normalized spacial score (nSPS) is 26.2. The number of hydrogen-bond acceptors (Lipinski definition) is 4. The van der Waals surface area contributed by atoms with E-state index in [4.69, 9.17) is 9.31 Å². The largest absolute Gasteiger partial charge is 0.490 e. The molecule has 0 amide bonds. The minimum Gasteiger partial charge on any atom is -0.400 e. The van der Waals surface area contributed by atoms with Gasteiger partial charge in [-0.1, -0.05) is 6.08 Å². The first-order chi connectivity index (χ1) is 9.47. The van der Waals surface area contributed by atoms with E-state index in [2.05, 4.69) is 0 Å². The Labute approximate surface area is 128 Å². The van der Waals surface area contributed by atoms with Crippen LogP contribution in [0.25, 0.3) is 0 Å². The van der Waals surface area contributed by atoms with Crippen LogP contribution < -0.4 is 0 Å². The van der Waals surface area contributed by atoms with Gasteiger partial charge in [-0.15, -0.1) is 0 Å². The summed E-state index contributed by atoms with van der Waals surface area (Å²) in [7, 11) is -3.55. The summed E-state index contributed by atoms with van der Waals surface area (Å²) in [5.74, 6) is 0. The zero-order chi connectivity index (χ0) is 16.1. The zero-order valence-corrected chi connectivity index (χ0v) is 14.7. The Bertz CT molecular complexity index is 523. The van der Waals surface area contributed by atoms with Crippen LogP contribution in [0, 0.1) is 0 Å². The second kappa shape index (κ2) is 5.37. The highest BCUT2D eigenvalue weighted by Crippen LogP contribution is 2.39. The van der Waals surface area contributed by atoms with E-state index in [1.807, 2.05) is 33.8 Å². The molecule has 0 aromatic rings. The van der Waals surface area contributed by atoms with Crippen molar-refractivity contribution in [1.29, 1.82) is 0 Å². The molecule has 0 unspecified atom stereocenters. The summed E-state index contributed by atoms with van der Waals surface area (Å²) in [5, 5.41) is -0.385. The van der Waals surface area contributed by atoms with E-state index in [0.717, 1.165) is 5.47 Å². The molecule has 0 bridgehead atoms. The van der Waals surface area contributed by atoms with E-state index < -0.39 is 10.0 Å². The third-order valence-electron chi connectivity index (χ3n) is 4.72. The molecule has 21 heavy (non-hydrogen) atoms. The summed E-state index contributed by atoms with van der Waals surface area (Å²) in [6.45, 7) is 12.4. The fourth-order valence-corrected chi connectivity index (χ4v) is 3.63. The summed E-state index contributed by atoms with van der Waals surface area (Å²) in [5.41, 5.74) is 0.322. The summed E-state index contributed by atoms with van der Waals surface area (Å²) < 4.78 is 37.9. The van der Waals surface area contributed by atoms with Gasteiger partial charge in [0.25, 0.3) is 0 Å². The van der Waals surface area contributed by atoms with Crippen LogP contribution in [0.5, 0.6) is 0 Å². The Balaban J connectivity index is 2.09. The molecule has 0 atom stereocenters. The Morgan fingerprint density at radius 1 is 1.19 bits per heavy atom. The molecule has 0 saturated carbocycles. The van der Waals surface area contributed by atoms with Crippen LogP contribution in [0.15, 0.2) is 11.5 Å². The Kier molecular flexibility index (Phi) is 4.35. The van der Waals surface area contributed by atoms with E-state index in [9.17, 15) is 8.42 Å². The molecule has 1 saturated heterocycles. The average Bonchev–Trinajstić information content (AvgIpc) is 2.58. The maximum Gasteiger partial charge on any atom is 0.490 e. The van der Waals surface area contributed by atoms with Gasteiger partial charge in [-0.3, -0.25) is 0 Å². The first-order valence-corrected chi connectivity index (χ1v) is 9.01. The lowest BCUT2D eigenvalue weighted by atomic mass is 9.75. The predicted molar refractivity (Wildman–Crippen MR) is 84.4 cm³/mol. The van der Waals surface area contributed by atoms with Crippen molar-refractivity contribution in [1.82, 2.24) is 4.31 Å². The molecule has 0 radical (unpaired) electrons. The number of nitrogens with zero attached hydrogens (tertiary/aromatic N) is 1. The van der Waals surface area contributed by atoms with Gasteiger partial charge in [0.2, 0.25) is 10.0 Å². The van der Waals surface area contributed by atoms with E-state index in [1.54, 1.807) is 13.8 Å². The van der Waals surface area contributed by atoms with Crippen LogP contribution in [0.1, 0.15) is 48.0 Å². The topological polar surface area (TPSA) is 55.8 Å². The number of rotatable bonds is 3. The number of sulfonamides is 1. The molecule has 0 aromatic carbocycles. The lowest BCUT2D eigenvalue weighted by Crippen LogP contribution is -2.41. The standard InChI is InChI=1S/C14H26BNO4S/c1-11(2)21(17,18)16-9-7-12(8-10-16)15-19-13(3,4)14(5,6)20-15/h7,11H,8-10H2,1-6H3. The van der Waals surface area contributed by atoms with Gasteiger partial charge in [-0.25, -0.2) is 8.42 Å². The molecule has 0 N–H and O–H groups in total. The third-order valence-corrected chi connectivity index (χ3v) is 6.96. The summed E-state index contributed by atoms with van der Waals surface area (Å²) >= 11 is 0. The minimum atomic E-state index is -3.19. The monoisotopic (exact) mass is 315 g/mol. The molecule has 0 aliphatic carbocycles. The van der Waals surface area contributed by atoms with Gasteiger partial charge in [0.05, 0.1) is 16.5 Å². The van der Waals surface area contributed by atoms with Gasteiger partial charge in [0, 0.05) is 13.1 Å². The molecule has 1 fully saturated rings. The van der Waals surface area contributed by atoms with Crippen molar-refractivity contribution in [3.8, 4) is 0 Å². The molecule has 5 nitrogen and oxygen atoms in total. The van der Waals surface area contributed by atoms with Crippen molar-refractivity contribution in [3.05, 3.63) is 11.5 Å². The van der Waals surface area contributed by atoms with Gasteiger partial charge < -0.3 is 9.31 Å². The molecule has 2 aliphatic heterocycles. The quantitative estimate of drug-likeness (QED) is 0.748. The van der Waals surface area contributed by atoms with E-state index >= 15 is 0 Å². The minimum absolute atomic E-state index is 0.361.